The second-order valence-electron chi connectivity index (χ2n) is 9.25. The molecule has 0 aliphatic carbocycles. The first kappa shape index (κ1) is 19.4. The average Bonchev–Trinajstić information content (AvgIpc) is 2.72. The van der Waals surface area contributed by atoms with Gasteiger partial charge in [-0.1, -0.05) is 12.1 Å². The number of amides is 1. The van der Waals surface area contributed by atoms with Gasteiger partial charge in [-0.15, -0.1) is 0 Å². The van der Waals surface area contributed by atoms with Gasteiger partial charge in [-0.2, -0.15) is 0 Å². The highest BCUT2D eigenvalue weighted by Crippen LogP contribution is 2.38. The van der Waals surface area contributed by atoms with Crippen molar-refractivity contribution < 1.29 is 13.9 Å². The van der Waals surface area contributed by atoms with E-state index in [0.29, 0.717) is 25.7 Å². The van der Waals surface area contributed by atoms with Crippen LogP contribution in [-0.2, 0) is 4.74 Å². The molecule has 0 radical (unpaired) electrons. The zero-order valence-corrected chi connectivity index (χ0v) is 17.2. The summed E-state index contributed by atoms with van der Waals surface area (Å²) in [6, 6.07) is 7.18. The number of fused-ring (bicyclic) bond motifs is 2. The molecule has 158 valence electrons. The van der Waals surface area contributed by atoms with Crippen molar-refractivity contribution in [2.45, 2.75) is 30.5 Å². The molecular weight excluding hydrogens is 371 g/mol. The lowest BCUT2D eigenvalue weighted by Gasteiger charge is -2.65. The second kappa shape index (κ2) is 7.61. The van der Waals surface area contributed by atoms with Gasteiger partial charge in [0, 0.05) is 38.8 Å². The fraction of sp³-hybridized carbons (Fsp3) is 0.682. The van der Waals surface area contributed by atoms with Crippen molar-refractivity contribution in [1.82, 2.24) is 19.6 Å². The van der Waals surface area contributed by atoms with Crippen LogP contribution in [0.4, 0.5) is 4.39 Å². The first-order valence-corrected chi connectivity index (χ1v) is 10.9. The number of likely N-dealkylation sites (tertiary alicyclic amines) is 2. The molecule has 1 amide bonds. The molecule has 29 heavy (non-hydrogen) atoms. The molecule has 1 aromatic carbocycles. The maximum Gasteiger partial charge on any atom is 0.256 e. The minimum Gasteiger partial charge on any atom is -0.378 e. The van der Waals surface area contributed by atoms with Crippen LogP contribution in [-0.4, -0.2) is 109 Å². The van der Waals surface area contributed by atoms with Gasteiger partial charge in [0.25, 0.3) is 5.91 Å². The van der Waals surface area contributed by atoms with E-state index < -0.39 is 5.82 Å². The lowest BCUT2D eigenvalue weighted by atomic mass is 9.80. The first-order valence-electron chi connectivity index (χ1n) is 10.9. The van der Waals surface area contributed by atoms with E-state index in [1.54, 1.807) is 18.2 Å². The molecule has 6 nitrogen and oxygen atoms in total. The van der Waals surface area contributed by atoms with Gasteiger partial charge in [-0.05, 0) is 45.1 Å². The molecule has 7 heteroatoms. The predicted molar refractivity (Wildman–Crippen MR) is 108 cm³/mol. The number of piperazine rings is 1. The molecule has 0 saturated carbocycles. The van der Waals surface area contributed by atoms with E-state index >= 15 is 0 Å². The minimum atomic E-state index is -0.435. The van der Waals surface area contributed by atoms with Crippen LogP contribution in [0.1, 0.15) is 23.2 Å². The molecule has 0 N–H and O–H groups in total. The molecular formula is C22H31FN4O2. The maximum atomic E-state index is 14.3. The molecule has 1 aromatic rings. The summed E-state index contributed by atoms with van der Waals surface area (Å²) < 4.78 is 20.0. The molecule has 1 atom stereocenters. The van der Waals surface area contributed by atoms with Gasteiger partial charge in [0.05, 0.1) is 30.4 Å². The molecule has 0 aromatic heterocycles. The van der Waals surface area contributed by atoms with E-state index in [1.807, 2.05) is 4.90 Å². The van der Waals surface area contributed by atoms with E-state index in [2.05, 4.69) is 21.7 Å². The number of piperidine rings is 1. The molecule has 4 heterocycles. The van der Waals surface area contributed by atoms with Crippen molar-refractivity contribution in [3.8, 4) is 0 Å². The standard InChI is InChI=1S/C22H31FN4O2/c1-24-8-6-17(7-9-24)26-15-22(16-26)14-25(12-18-13-29-11-10-27(18)22)21(28)19-4-2-3-5-20(19)23/h2-5,17-18H,6-16H2,1H3. The van der Waals surface area contributed by atoms with Gasteiger partial charge < -0.3 is 14.5 Å². The second-order valence-corrected chi connectivity index (χ2v) is 9.25. The lowest BCUT2D eigenvalue weighted by Crippen LogP contribution is -2.82. The Balaban J connectivity index is 1.34. The SMILES string of the molecule is CN1CCC(N2CC3(CN(C(=O)c4ccccc4F)CC4COCCN43)C2)CC1. The van der Waals surface area contributed by atoms with Crippen LogP contribution >= 0.6 is 0 Å². The van der Waals surface area contributed by atoms with Crippen molar-refractivity contribution >= 4 is 5.91 Å². The van der Waals surface area contributed by atoms with E-state index in [9.17, 15) is 9.18 Å². The smallest absolute Gasteiger partial charge is 0.256 e. The number of hydrogen-bond donors (Lipinski definition) is 0. The van der Waals surface area contributed by atoms with Gasteiger partial charge in [0.1, 0.15) is 5.82 Å². The topological polar surface area (TPSA) is 39.3 Å². The van der Waals surface area contributed by atoms with E-state index in [4.69, 9.17) is 4.74 Å². The first-order chi connectivity index (χ1) is 14.1. The Kier molecular flexibility index (Phi) is 5.10. The van der Waals surface area contributed by atoms with Crippen molar-refractivity contribution in [3.05, 3.63) is 35.6 Å². The third kappa shape index (κ3) is 3.48. The molecule has 1 spiro atoms. The van der Waals surface area contributed by atoms with Crippen LogP contribution < -0.4 is 0 Å². The largest absolute Gasteiger partial charge is 0.378 e. The Hall–Kier alpha value is -1.54. The summed E-state index contributed by atoms with van der Waals surface area (Å²) in [6.07, 6.45) is 2.44. The highest BCUT2D eigenvalue weighted by Gasteiger charge is 2.56. The Labute approximate surface area is 172 Å². The van der Waals surface area contributed by atoms with Crippen molar-refractivity contribution in [1.29, 1.82) is 0 Å². The molecule has 4 aliphatic heterocycles. The minimum absolute atomic E-state index is 0.0169. The Morgan fingerprint density at radius 1 is 1.10 bits per heavy atom. The highest BCUT2D eigenvalue weighted by atomic mass is 19.1. The zero-order chi connectivity index (χ0) is 20.0. The summed E-state index contributed by atoms with van der Waals surface area (Å²) in [7, 11) is 2.19. The quantitative estimate of drug-likeness (QED) is 0.742. The molecule has 0 bridgehead atoms. The number of ether oxygens (including phenoxy) is 1. The summed E-state index contributed by atoms with van der Waals surface area (Å²) in [5, 5.41) is 0. The van der Waals surface area contributed by atoms with Crippen molar-refractivity contribution in [2.75, 3.05) is 66.1 Å². The molecule has 4 saturated heterocycles. The summed E-state index contributed by atoms with van der Waals surface area (Å²) in [5.74, 6) is -0.624. The van der Waals surface area contributed by atoms with Crippen LogP contribution in [0.15, 0.2) is 24.3 Å². The Bertz CT molecular complexity index is 761. The normalized spacial score (nSPS) is 28.9. The number of benzene rings is 1. The van der Waals surface area contributed by atoms with Gasteiger partial charge in [-0.3, -0.25) is 14.6 Å². The molecule has 1 unspecified atom stereocenters. The van der Waals surface area contributed by atoms with Crippen LogP contribution in [0.5, 0.6) is 0 Å². The summed E-state index contributed by atoms with van der Waals surface area (Å²) in [6.45, 7) is 7.94. The molecule has 4 aliphatic rings. The third-order valence-electron chi connectivity index (χ3n) is 7.34. The number of nitrogens with zero attached hydrogens (tertiary/aromatic N) is 4. The van der Waals surface area contributed by atoms with Crippen LogP contribution in [0.25, 0.3) is 0 Å². The number of carbonyl (C=O) groups is 1. The van der Waals surface area contributed by atoms with E-state index in [1.165, 1.54) is 18.9 Å². The average molecular weight is 403 g/mol. The zero-order valence-electron chi connectivity index (χ0n) is 17.2. The maximum absolute atomic E-state index is 14.3. The van der Waals surface area contributed by atoms with Crippen molar-refractivity contribution in [3.63, 3.8) is 0 Å². The third-order valence-corrected chi connectivity index (χ3v) is 7.34. The summed E-state index contributed by atoms with van der Waals surface area (Å²) >= 11 is 0. The van der Waals surface area contributed by atoms with Crippen molar-refractivity contribution in [2.24, 2.45) is 0 Å². The van der Waals surface area contributed by atoms with Crippen LogP contribution in [0, 0.1) is 5.82 Å². The summed E-state index contributed by atoms with van der Waals surface area (Å²) in [4.78, 5) is 22.6. The van der Waals surface area contributed by atoms with Crippen LogP contribution in [0.2, 0.25) is 0 Å². The monoisotopic (exact) mass is 402 g/mol. The van der Waals surface area contributed by atoms with E-state index in [0.717, 1.165) is 39.3 Å². The number of carbonyl (C=O) groups excluding carboxylic acids is 1. The number of halogens is 1. The molecule has 4 fully saturated rings. The van der Waals surface area contributed by atoms with Crippen LogP contribution in [0.3, 0.4) is 0 Å². The van der Waals surface area contributed by atoms with Gasteiger partial charge in [0.15, 0.2) is 0 Å². The number of morpholine rings is 1. The summed E-state index contributed by atoms with van der Waals surface area (Å²) in [5.41, 5.74) is 0.163. The van der Waals surface area contributed by atoms with Gasteiger partial charge >= 0.3 is 0 Å². The van der Waals surface area contributed by atoms with Gasteiger partial charge in [0.2, 0.25) is 0 Å². The highest BCUT2D eigenvalue weighted by molar-refractivity contribution is 5.94. The van der Waals surface area contributed by atoms with E-state index in [-0.39, 0.29) is 23.1 Å². The Morgan fingerprint density at radius 2 is 1.86 bits per heavy atom. The number of hydrogen-bond acceptors (Lipinski definition) is 5. The molecule has 5 rings (SSSR count). The lowest BCUT2D eigenvalue weighted by molar-refractivity contribution is -0.169. The predicted octanol–water partition coefficient (Wildman–Crippen LogP) is 1.13. The Morgan fingerprint density at radius 3 is 2.62 bits per heavy atom. The fourth-order valence-electron chi connectivity index (χ4n) is 5.77. The van der Waals surface area contributed by atoms with Gasteiger partial charge in [-0.25, -0.2) is 4.39 Å². The number of rotatable bonds is 2. The fourth-order valence-corrected chi connectivity index (χ4v) is 5.77.